The topological polar surface area (TPSA) is 3.24 Å². The maximum Gasteiger partial charge on any atom is -0.00163 e. The van der Waals surface area contributed by atoms with Crippen molar-refractivity contribution in [3.63, 3.8) is 0 Å². The molecule has 1 nitrogen and oxygen atoms in total. The summed E-state index contributed by atoms with van der Waals surface area (Å²) in [5.41, 5.74) is 3.44. The third kappa shape index (κ3) is 2.40. The van der Waals surface area contributed by atoms with Gasteiger partial charge in [0.25, 0.3) is 0 Å². The zero-order valence-corrected chi connectivity index (χ0v) is 10.1. The molecule has 1 aliphatic rings. The van der Waals surface area contributed by atoms with Crippen LogP contribution in [0.25, 0.3) is 0 Å². The van der Waals surface area contributed by atoms with Crippen molar-refractivity contribution in [2.24, 2.45) is 0 Å². The Morgan fingerprint density at radius 1 is 1.13 bits per heavy atom. The van der Waals surface area contributed by atoms with E-state index >= 15 is 0 Å². The van der Waals surface area contributed by atoms with Crippen molar-refractivity contribution >= 4 is 0 Å². The molecule has 0 spiro atoms. The predicted octanol–water partition coefficient (Wildman–Crippen LogP) is 2.98. The first kappa shape index (κ1) is 10.7. The molecular formula is C14H21N. The third-order valence-corrected chi connectivity index (χ3v) is 3.56. The number of aryl methyl sites for hydroxylation is 1. The number of hydrogen-bond donors (Lipinski definition) is 0. The zero-order valence-electron chi connectivity index (χ0n) is 10.1. The van der Waals surface area contributed by atoms with Crippen LogP contribution >= 0.6 is 0 Å². The van der Waals surface area contributed by atoms with Crippen molar-refractivity contribution < 1.29 is 0 Å². The maximum atomic E-state index is 2.32. The SMILES string of the molecule is Cc1ccc(C2(CCN(C)C)CC2)cc1. The van der Waals surface area contributed by atoms with E-state index in [2.05, 4.69) is 50.2 Å². The van der Waals surface area contributed by atoms with E-state index in [0.717, 1.165) is 0 Å². The molecule has 0 radical (unpaired) electrons. The molecule has 0 N–H and O–H groups in total. The highest BCUT2D eigenvalue weighted by molar-refractivity contribution is 5.33. The second-order valence-corrected chi connectivity index (χ2v) is 5.20. The molecule has 0 aromatic heterocycles. The Labute approximate surface area is 93.1 Å². The van der Waals surface area contributed by atoms with Crippen LogP contribution in [0.1, 0.15) is 30.4 Å². The van der Waals surface area contributed by atoms with Crippen molar-refractivity contribution in [2.45, 2.75) is 31.6 Å². The molecule has 1 fully saturated rings. The summed E-state index contributed by atoms with van der Waals surface area (Å²) in [5, 5.41) is 0. The fraction of sp³-hybridized carbons (Fsp3) is 0.571. The summed E-state index contributed by atoms with van der Waals surface area (Å²) in [6, 6.07) is 9.12. The maximum absolute atomic E-state index is 2.32. The first-order valence-electron chi connectivity index (χ1n) is 5.84. The summed E-state index contributed by atoms with van der Waals surface area (Å²) in [6.45, 7) is 3.36. The summed E-state index contributed by atoms with van der Waals surface area (Å²) >= 11 is 0. The summed E-state index contributed by atoms with van der Waals surface area (Å²) in [4.78, 5) is 2.29. The molecule has 0 heterocycles. The van der Waals surface area contributed by atoms with E-state index in [1.165, 1.54) is 31.4 Å². The van der Waals surface area contributed by atoms with Crippen molar-refractivity contribution in [1.82, 2.24) is 4.90 Å². The van der Waals surface area contributed by atoms with E-state index in [-0.39, 0.29) is 0 Å². The number of hydrogen-bond acceptors (Lipinski definition) is 1. The number of rotatable bonds is 4. The van der Waals surface area contributed by atoms with Gasteiger partial charge in [-0.25, -0.2) is 0 Å². The fourth-order valence-corrected chi connectivity index (χ4v) is 2.18. The van der Waals surface area contributed by atoms with Crippen molar-refractivity contribution in [3.8, 4) is 0 Å². The van der Waals surface area contributed by atoms with Gasteiger partial charge in [-0.15, -0.1) is 0 Å². The minimum atomic E-state index is 0.526. The smallest absolute Gasteiger partial charge is 0.00163 e. The summed E-state index contributed by atoms with van der Waals surface area (Å²) in [5.74, 6) is 0. The second kappa shape index (κ2) is 3.97. The minimum Gasteiger partial charge on any atom is -0.309 e. The molecule has 2 rings (SSSR count). The quantitative estimate of drug-likeness (QED) is 0.727. The van der Waals surface area contributed by atoms with Gasteiger partial charge in [0, 0.05) is 0 Å². The molecule has 1 aromatic rings. The van der Waals surface area contributed by atoms with Crippen LogP contribution in [-0.4, -0.2) is 25.5 Å². The lowest BCUT2D eigenvalue weighted by molar-refractivity contribution is 0.375. The van der Waals surface area contributed by atoms with Crippen molar-refractivity contribution in [1.29, 1.82) is 0 Å². The normalized spacial score (nSPS) is 18.1. The fourth-order valence-electron chi connectivity index (χ4n) is 2.18. The standard InChI is InChI=1S/C14H21N/c1-12-4-6-13(7-5-12)14(8-9-14)10-11-15(2)3/h4-7H,8-11H2,1-3H3. The molecule has 0 saturated heterocycles. The molecule has 0 amide bonds. The van der Waals surface area contributed by atoms with Crippen LogP contribution in [0, 0.1) is 6.92 Å². The Kier molecular flexibility index (Phi) is 2.83. The van der Waals surface area contributed by atoms with E-state index in [1.54, 1.807) is 5.56 Å². The molecule has 82 valence electrons. The highest BCUT2D eigenvalue weighted by Crippen LogP contribution is 2.50. The Bertz CT molecular complexity index is 320. The van der Waals surface area contributed by atoms with Crippen LogP contribution in [0.4, 0.5) is 0 Å². The van der Waals surface area contributed by atoms with E-state index in [4.69, 9.17) is 0 Å². The Morgan fingerprint density at radius 3 is 2.20 bits per heavy atom. The molecule has 1 saturated carbocycles. The van der Waals surface area contributed by atoms with Gasteiger partial charge in [0.1, 0.15) is 0 Å². The van der Waals surface area contributed by atoms with Crippen LogP contribution < -0.4 is 0 Å². The Hall–Kier alpha value is -0.820. The van der Waals surface area contributed by atoms with E-state index < -0.39 is 0 Å². The first-order chi connectivity index (χ1) is 7.12. The average Bonchev–Trinajstić information content (AvgIpc) is 2.97. The minimum absolute atomic E-state index is 0.526. The highest BCUT2D eigenvalue weighted by Gasteiger charge is 2.43. The lowest BCUT2D eigenvalue weighted by Crippen LogP contribution is -2.19. The van der Waals surface area contributed by atoms with Crippen molar-refractivity contribution in [2.75, 3.05) is 20.6 Å². The zero-order chi connectivity index (χ0) is 10.9. The molecule has 1 heteroatoms. The largest absolute Gasteiger partial charge is 0.309 e. The Morgan fingerprint density at radius 2 is 1.73 bits per heavy atom. The molecule has 0 bridgehead atoms. The van der Waals surface area contributed by atoms with Crippen LogP contribution in [0.3, 0.4) is 0 Å². The van der Waals surface area contributed by atoms with Gasteiger partial charge < -0.3 is 4.90 Å². The van der Waals surface area contributed by atoms with Gasteiger partial charge in [-0.1, -0.05) is 29.8 Å². The van der Waals surface area contributed by atoms with Gasteiger partial charge in [0.2, 0.25) is 0 Å². The van der Waals surface area contributed by atoms with Gasteiger partial charge in [-0.05, 0) is 57.8 Å². The first-order valence-corrected chi connectivity index (χ1v) is 5.84. The van der Waals surface area contributed by atoms with E-state index in [0.29, 0.717) is 5.41 Å². The lowest BCUT2D eigenvalue weighted by atomic mass is 9.92. The lowest BCUT2D eigenvalue weighted by Gasteiger charge is -2.18. The Balaban J connectivity index is 2.06. The van der Waals surface area contributed by atoms with Gasteiger partial charge in [-0.2, -0.15) is 0 Å². The second-order valence-electron chi connectivity index (χ2n) is 5.20. The van der Waals surface area contributed by atoms with E-state index in [9.17, 15) is 0 Å². The molecular weight excluding hydrogens is 182 g/mol. The van der Waals surface area contributed by atoms with Crippen molar-refractivity contribution in [3.05, 3.63) is 35.4 Å². The molecule has 0 aliphatic heterocycles. The van der Waals surface area contributed by atoms with Crippen LogP contribution in [-0.2, 0) is 5.41 Å². The molecule has 0 atom stereocenters. The third-order valence-electron chi connectivity index (χ3n) is 3.56. The van der Waals surface area contributed by atoms with Gasteiger partial charge in [0.15, 0.2) is 0 Å². The predicted molar refractivity (Wildman–Crippen MR) is 65.3 cm³/mol. The number of nitrogens with zero attached hydrogens (tertiary/aromatic N) is 1. The van der Waals surface area contributed by atoms with Gasteiger partial charge in [0.05, 0.1) is 0 Å². The molecule has 1 aromatic carbocycles. The van der Waals surface area contributed by atoms with Crippen LogP contribution in [0.5, 0.6) is 0 Å². The van der Waals surface area contributed by atoms with Gasteiger partial charge in [-0.3, -0.25) is 0 Å². The summed E-state index contributed by atoms with van der Waals surface area (Å²) in [7, 11) is 4.32. The monoisotopic (exact) mass is 203 g/mol. The van der Waals surface area contributed by atoms with Crippen LogP contribution in [0.2, 0.25) is 0 Å². The molecule has 15 heavy (non-hydrogen) atoms. The number of benzene rings is 1. The molecule has 1 aliphatic carbocycles. The average molecular weight is 203 g/mol. The van der Waals surface area contributed by atoms with Gasteiger partial charge >= 0.3 is 0 Å². The summed E-state index contributed by atoms with van der Waals surface area (Å²) < 4.78 is 0. The molecule has 0 unspecified atom stereocenters. The summed E-state index contributed by atoms with van der Waals surface area (Å²) in [6.07, 6.45) is 4.07. The highest BCUT2D eigenvalue weighted by atomic mass is 15.0. The van der Waals surface area contributed by atoms with Crippen LogP contribution in [0.15, 0.2) is 24.3 Å². The van der Waals surface area contributed by atoms with E-state index in [1.807, 2.05) is 0 Å².